The van der Waals surface area contributed by atoms with Crippen molar-refractivity contribution in [2.24, 2.45) is 0 Å². The predicted octanol–water partition coefficient (Wildman–Crippen LogP) is 2.58. The van der Waals surface area contributed by atoms with Crippen molar-refractivity contribution < 1.29 is 31.2 Å². The van der Waals surface area contributed by atoms with Crippen LogP contribution in [0.25, 0.3) is 0 Å². The Morgan fingerprint density at radius 2 is 2.00 bits per heavy atom. The number of hydrogen-bond acceptors (Lipinski definition) is 6. The molecule has 0 saturated carbocycles. The van der Waals surface area contributed by atoms with Gasteiger partial charge in [-0.25, -0.2) is 13.4 Å². The van der Waals surface area contributed by atoms with E-state index in [0.717, 1.165) is 0 Å². The zero-order valence-electron chi connectivity index (χ0n) is 8.31. The van der Waals surface area contributed by atoms with Crippen LogP contribution in [-0.2, 0) is 9.05 Å². The molecular formula is C6HBrClF3N2O5S. The van der Waals surface area contributed by atoms with Gasteiger partial charge in [0.05, 0.1) is 4.92 Å². The van der Waals surface area contributed by atoms with E-state index >= 15 is 0 Å². The van der Waals surface area contributed by atoms with Crippen LogP contribution in [-0.4, -0.2) is 24.7 Å². The van der Waals surface area contributed by atoms with E-state index < -0.39 is 41.3 Å². The van der Waals surface area contributed by atoms with Crippen molar-refractivity contribution in [3.05, 3.63) is 20.8 Å². The molecule has 0 atom stereocenters. The number of nitrogens with zero attached hydrogens (tertiary/aromatic N) is 2. The minimum atomic E-state index is -5.24. The molecule has 0 aliphatic carbocycles. The molecule has 0 amide bonds. The van der Waals surface area contributed by atoms with Crippen LogP contribution in [0.15, 0.2) is 15.6 Å². The minimum Gasteiger partial charge on any atom is -0.386 e. The Hall–Kier alpha value is -1.14. The summed E-state index contributed by atoms with van der Waals surface area (Å²) >= 11 is 2.48. The highest BCUT2D eigenvalue weighted by Crippen LogP contribution is 2.39. The molecule has 0 aliphatic heterocycles. The first-order valence-electron chi connectivity index (χ1n) is 3.97. The summed E-state index contributed by atoms with van der Waals surface area (Å²) in [6, 6.07) is 0. The number of hydrogen-bond donors (Lipinski definition) is 0. The Labute approximate surface area is 116 Å². The summed E-state index contributed by atoms with van der Waals surface area (Å²) in [5.74, 6) is -1.42. The molecule has 0 aromatic carbocycles. The van der Waals surface area contributed by atoms with Crippen LogP contribution in [0.5, 0.6) is 5.88 Å². The minimum absolute atomic E-state index is 0.400. The second kappa shape index (κ2) is 5.09. The maximum Gasteiger partial charge on any atom is 0.574 e. The summed E-state index contributed by atoms with van der Waals surface area (Å²) < 4.78 is 61.0. The van der Waals surface area contributed by atoms with Crippen LogP contribution in [0.1, 0.15) is 0 Å². The molecule has 0 fully saturated rings. The summed E-state index contributed by atoms with van der Waals surface area (Å²) in [7, 11) is 0.148. The van der Waals surface area contributed by atoms with Crippen LogP contribution in [0, 0.1) is 10.1 Å². The van der Waals surface area contributed by atoms with Gasteiger partial charge in [-0.3, -0.25) is 10.1 Å². The second-order valence-electron chi connectivity index (χ2n) is 2.83. The third-order valence-electron chi connectivity index (χ3n) is 1.58. The van der Waals surface area contributed by atoms with Crippen molar-refractivity contribution in [1.29, 1.82) is 0 Å². The van der Waals surface area contributed by atoms with Crippen molar-refractivity contribution in [2.45, 2.75) is 11.3 Å². The molecule has 1 heterocycles. The number of halogens is 5. The van der Waals surface area contributed by atoms with Gasteiger partial charge in [0, 0.05) is 10.7 Å². The number of rotatable bonds is 3. The Kier molecular flexibility index (Phi) is 4.27. The largest absolute Gasteiger partial charge is 0.574 e. The molecule has 0 bridgehead atoms. The van der Waals surface area contributed by atoms with Crippen LogP contribution in [0.2, 0.25) is 0 Å². The van der Waals surface area contributed by atoms with E-state index in [-0.39, 0.29) is 0 Å². The highest BCUT2D eigenvalue weighted by Gasteiger charge is 2.37. The summed E-state index contributed by atoms with van der Waals surface area (Å²) in [5.41, 5.74) is -0.881. The lowest BCUT2D eigenvalue weighted by atomic mass is 10.4. The number of aromatic nitrogens is 1. The third kappa shape index (κ3) is 3.91. The molecule has 106 valence electrons. The monoisotopic (exact) mass is 384 g/mol. The zero-order chi connectivity index (χ0) is 15.0. The van der Waals surface area contributed by atoms with Crippen molar-refractivity contribution in [1.82, 2.24) is 4.98 Å². The molecule has 0 N–H and O–H groups in total. The molecule has 13 heteroatoms. The number of pyridine rings is 1. The van der Waals surface area contributed by atoms with Crippen molar-refractivity contribution in [3.63, 3.8) is 0 Å². The molecule has 19 heavy (non-hydrogen) atoms. The normalized spacial score (nSPS) is 12.3. The fraction of sp³-hybridized carbons (Fsp3) is 0.167. The van der Waals surface area contributed by atoms with Gasteiger partial charge in [-0.1, -0.05) is 0 Å². The van der Waals surface area contributed by atoms with Gasteiger partial charge in [0.25, 0.3) is 9.05 Å². The molecule has 1 aromatic rings. The fourth-order valence-corrected chi connectivity index (χ4v) is 3.35. The average Bonchev–Trinajstić information content (AvgIpc) is 2.11. The van der Waals surface area contributed by atoms with Crippen LogP contribution in [0.3, 0.4) is 0 Å². The van der Waals surface area contributed by atoms with Crippen molar-refractivity contribution in [2.75, 3.05) is 0 Å². The number of nitro groups is 1. The Balaban J connectivity index is 3.59. The molecule has 0 aliphatic rings. The highest BCUT2D eigenvalue weighted by atomic mass is 79.9. The van der Waals surface area contributed by atoms with E-state index in [1.165, 1.54) is 0 Å². The standard InChI is InChI=1S/C6HBrClF3N2O5S/c7-3-2(13(14)15)1-12-5(18-6(9,10)11)4(3)19(8,16)17/h1H. The van der Waals surface area contributed by atoms with Gasteiger partial charge in [0.15, 0.2) is 4.90 Å². The summed E-state index contributed by atoms with van der Waals surface area (Å²) in [6.45, 7) is 0. The van der Waals surface area contributed by atoms with Gasteiger partial charge in [0.2, 0.25) is 5.88 Å². The first-order chi connectivity index (χ1) is 8.43. The summed E-state index contributed by atoms with van der Waals surface area (Å²) in [4.78, 5) is 11.1. The van der Waals surface area contributed by atoms with Crippen molar-refractivity contribution in [3.8, 4) is 5.88 Å². The average molecular weight is 386 g/mol. The molecule has 0 saturated heterocycles. The molecule has 0 unspecified atom stereocenters. The maximum atomic E-state index is 12.1. The molecule has 1 aromatic heterocycles. The van der Waals surface area contributed by atoms with E-state index in [1.54, 1.807) is 0 Å². The van der Waals surface area contributed by atoms with E-state index in [9.17, 15) is 31.7 Å². The van der Waals surface area contributed by atoms with Gasteiger partial charge in [0.1, 0.15) is 10.7 Å². The smallest absolute Gasteiger partial charge is 0.386 e. The lowest BCUT2D eigenvalue weighted by molar-refractivity contribution is -0.386. The molecule has 0 spiro atoms. The maximum absolute atomic E-state index is 12.1. The van der Waals surface area contributed by atoms with Gasteiger partial charge in [-0.15, -0.1) is 13.2 Å². The van der Waals surface area contributed by atoms with E-state index in [0.29, 0.717) is 6.20 Å². The van der Waals surface area contributed by atoms with Crippen LogP contribution >= 0.6 is 26.6 Å². The van der Waals surface area contributed by atoms with Gasteiger partial charge in [-0.05, 0) is 15.9 Å². The topological polar surface area (TPSA) is 99.4 Å². The van der Waals surface area contributed by atoms with Crippen LogP contribution in [0.4, 0.5) is 18.9 Å². The Bertz CT molecular complexity index is 634. The van der Waals surface area contributed by atoms with E-state index in [1.807, 2.05) is 0 Å². The number of alkyl halides is 3. The predicted molar refractivity (Wildman–Crippen MR) is 58.3 cm³/mol. The van der Waals surface area contributed by atoms with Gasteiger partial charge < -0.3 is 4.74 Å². The summed E-state index contributed by atoms with van der Waals surface area (Å²) in [6.07, 6.45) is -4.84. The van der Waals surface area contributed by atoms with Gasteiger partial charge in [-0.2, -0.15) is 0 Å². The second-order valence-corrected chi connectivity index (χ2v) is 6.13. The third-order valence-corrected chi connectivity index (χ3v) is 3.97. The lowest BCUT2D eigenvalue weighted by Gasteiger charge is -2.11. The molecule has 0 radical (unpaired) electrons. The first kappa shape index (κ1) is 15.9. The van der Waals surface area contributed by atoms with Crippen molar-refractivity contribution >= 4 is 41.4 Å². The number of ether oxygens (including phenoxy) is 1. The van der Waals surface area contributed by atoms with E-state index in [4.69, 9.17) is 10.7 Å². The molecule has 1 rings (SSSR count). The van der Waals surface area contributed by atoms with E-state index in [2.05, 4.69) is 25.7 Å². The SMILES string of the molecule is O=[N+]([O-])c1cnc(OC(F)(F)F)c(S(=O)(=O)Cl)c1Br. The Morgan fingerprint density at radius 3 is 2.37 bits per heavy atom. The lowest BCUT2D eigenvalue weighted by Crippen LogP contribution is -2.19. The first-order valence-corrected chi connectivity index (χ1v) is 7.07. The fourth-order valence-electron chi connectivity index (χ4n) is 0.966. The highest BCUT2D eigenvalue weighted by molar-refractivity contribution is 9.10. The van der Waals surface area contributed by atoms with Crippen LogP contribution < -0.4 is 4.74 Å². The quantitative estimate of drug-likeness (QED) is 0.450. The zero-order valence-corrected chi connectivity index (χ0v) is 11.5. The molecule has 7 nitrogen and oxygen atoms in total. The Morgan fingerprint density at radius 1 is 1.47 bits per heavy atom. The summed E-state index contributed by atoms with van der Waals surface area (Å²) in [5, 5.41) is 10.5. The molecular weight excluding hydrogens is 384 g/mol. The van der Waals surface area contributed by atoms with Gasteiger partial charge >= 0.3 is 12.0 Å².